The molecule has 11 nitrogen and oxygen atoms in total. The molecule has 3 rings (SSSR count). The van der Waals surface area contributed by atoms with Gasteiger partial charge in [0, 0.05) is 32.0 Å². The van der Waals surface area contributed by atoms with E-state index in [1.54, 1.807) is 0 Å². The van der Waals surface area contributed by atoms with E-state index in [2.05, 4.69) is 20.9 Å². The van der Waals surface area contributed by atoms with Gasteiger partial charge in [0.2, 0.25) is 17.7 Å². The Kier molecular flexibility index (Phi) is 12.6. The number of fused-ring (bicyclic) bond motifs is 1. The quantitative estimate of drug-likeness (QED) is 0.252. The molecule has 2 aliphatic rings. The standard InChI is InChI=1S/C33H54N4O7S/c1-32(2,3)36-30(40)26-18-23-15-11-12-16-24(23)19-37(26)20-27(38)25(17-22-13-9-8-10-14-22)34-31(41)29(35-28(39)21-44-6)33(4,5)45(7,42)43/h8-10,13-14,23-27,29,38H,11-12,15-21H2,1-7H3,(H,34,41)(H,35,39)(H,36,40). The number of rotatable bonds is 13. The molecule has 0 spiro atoms. The summed E-state index contributed by atoms with van der Waals surface area (Å²) in [5, 5.41) is 20.3. The molecule has 2 fully saturated rings. The highest BCUT2D eigenvalue weighted by atomic mass is 32.2. The summed E-state index contributed by atoms with van der Waals surface area (Å²) >= 11 is 0. The average Bonchev–Trinajstić information content (AvgIpc) is 2.94. The summed E-state index contributed by atoms with van der Waals surface area (Å²) in [5.74, 6) is -0.557. The summed E-state index contributed by atoms with van der Waals surface area (Å²) in [5.41, 5.74) is 0.445. The number of hydrogen-bond acceptors (Lipinski definition) is 8. The first-order chi connectivity index (χ1) is 20.9. The molecule has 12 heteroatoms. The van der Waals surface area contributed by atoms with Crippen molar-refractivity contribution in [3.05, 3.63) is 35.9 Å². The van der Waals surface area contributed by atoms with Crippen LogP contribution in [-0.2, 0) is 35.4 Å². The van der Waals surface area contributed by atoms with Crippen LogP contribution in [0, 0.1) is 11.8 Å². The number of nitrogens with one attached hydrogen (secondary N) is 3. The van der Waals surface area contributed by atoms with Crippen LogP contribution in [0.15, 0.2) is 30.3 Å². The molecule has 1 saturated heterocycles. The Labute approximate surface area is 269 Å². The molecule has 0 radical (unpaired) electrons. The topological polar surface area (TPSA) is 154 Å². The van der Waals surface area contributed by atoms with E-state index in [1.807, 2.05) is 51.1 Å². The molecule has 1 saturated carbocycles. The van der Waals surface area contributed by atoms with Crippen molar-refractivity contribution in [2.45, 2.75) is 108 Å². The maximum atomic E-state index is 13.9. The molecule has 45 heavy (non-hydrogen) atoms. The largest absolute Gasteiger partial charge is 0.390 e. The fraction of sp³-hybridized carbons (Fsp3) is 0.727. The number of carbonyl (C=O) groups excluding carboxylic acids is 3. The smallest absolute Gasteiger partial charge is 0.246 e. The van der Waals surface area contributed by atoms with Crippen molar-refractivity contribution in [2.24, 2.45) is 11.8 Å². The molecule has 254 valence electrons. The van der Waals surface area contributed by atoms with Crippen molar-refractivity contribution in [3.63, 3.8) is 0 Å². The van der Waals surface area contributed by atoms with Gasteiger partial charge in [-0.15, -0.1) is 0 Å². The molecule has 6 atom stereocenters. The van der Waals surface area contributed by atoms with Gasteiger partial charge in [-0.2, -0.15) is 0 Å². The predicted molar refractivity (Wildman–Crippen MR) is 174 cm³/mol. The summed E-state index contributed by atoms with van der Waals surface area (Å²) in [4.78, 5) is 42.0. The van der Waals surface area contributed by atoms with E-state index < -0.39 is 56.2 Å². The number of piperidine rings is 1. The third-order valence-corrected chi connectivity index (χ3v) is 11.5. The van der Waals surface area contributed by atoms with Gasteiger partial charge in [0.1, 0.15) is 12.6 Å². The minimum absolute atomic E-state index is 0.0711. The normalized spacial score (nSPS) is 23.2. The minimum atomic E-state index is -3.82. The highest BCUT2D eigenvalue weighted by Gasteiger charge is 2.46. The molecule has 0 aromatic heterocycles. The lowest BCUT2D eigenvalue weighted by molar-refractivity contribution is -0.134. The number of sulfone groups is 1. The highest BCUT2D eigenvalue weighted by Crippen LogP contribution is 2.39. The second-order valence-corrected chi connectivity index (χ2v) is 17.0. The van der Waals surface area contributed by atoms with E-state index in [4.69, 9.17) is 4.74 Å². The summed E-state index contributed by atoms with van der Waals surface area (Å²) in [7, 11) is -2.49. The van der Waals surface area contributed by atoms with Gasteiger partial charge >= 0.3 is 0 Å². The van der Waals surface area contributed by atoms with Gasteiger partial charge in [0.25, 0.3) is 0 Å². The van der Waals surface area contributed by atoms with Crippen LogP contribution < -0.4 is 16.0 Å². The van der Waals surface area contributed by atoms with Gasteiger partial charge in [-0.25, -0.2) is 8.42 Å². The van der Waals surface area contributed by atoms with E-state index >= 15 is 0 Å². The Bertz CT molecular complexity index is 1270. The number of nitrogens with zero attached hydrogens (tertiary/aromatic N) is 1. The summed E-state index contributed by atoms with van der Waals surface area (Å²) in [6.45, 7) is 9.07. The SMILES string of the molecule is COCC(=O)NC(C(=O)NC(Cc1ccccc1)C(O)CN1CC2CCCCC2CC1C(=O)NC(C)(C)C)C(C)(C)S(C)(=O)=O. The number of methoxy groups -OCH3 is 1. The molecule has 6 unspecified atom stereocenters. The van der Waals surface area contributed by atoms with Crippen LogP contribution in [0.2, 0.25) is 0 Å². The number of likely N-dealkylation sites (tertiary alicyclic amines) is 1. The lowest BCUT2D eigenvalue weighted by Crippen LogP contribution is -2.64. The van der Waals surface area contributed by atoms with Gasteiger partial charge in [0.15, 0.2) is 9.84 Å². The number of amides is 3. The third-order valence-electron chi connectivity index (χ3n) is 9.31. The maximum absolute atomic E-state index is 13.9. The van der Waals surface area contributed by atoms with Crippen LogP contribution in [-0.4, -0.2) is 104 Å². The van der Waals surface area contributed by atoms with Crippen molar-refractivity contribution >= 4 is 27.6 Å². The van der Waals surface area contributed by atoms with Crippen LogP contribution in [0.1, 0.15) is 72.3 Å². The van der Waals surface area contributed by atoms with E-state index in [-0.39, 0.29) is 25.5 Å². The van der Waals surface area contributed by atoms with Crippen LogP contribution in [0.25, 0.3) is 0 Å². The van der Waals surface area contributed by atoms with E-state index in [0.717, 1.165) is 37.5 Å². The molecule has 1 aromatic carbocycles. The second kappa shape index (κ2) is 15.4. The van der Waals surface area contributed by atoms with E-state index in [1.165, 1.54) is 21.0 Å². The van der Waals surface area contributed by atoms with Crippen molar-refractivity contribution in [3.8, 4) is 0 Å². The van der Waals surface area contributed by atoms with Crippen LogP contribution in [0.3, 0.4) is 0 Å². The number of carbonyl (C=O) groups is 3. The number of benzene rings is 1. The Morgan fingerprint density at radius 1 is 1.02 bits per heavy atom. The van der Waals surface area contributed by atoms with Crippen LogP contribution >= 0.6 is 0 Å². The zero-order valence-electron chi connectivity index (χ0n) is 28.0. The Morgan fingerprint density at radius 3 is 2.22 bits per heavy atom. The maximum Gasteiger partial charge on any atom is 0.246 e. The predicted octanol–water partition coefficient (Wildman–Crippen LogP) is 1.82. The molecular weight excluding hydrogens is 596 g/mol. The van der Waals surface area contributed by atoms with Gasteiger partial charge in [0.05, 0.1) is 22.9 Å². The summed E-state index contributed by atoms with van der Waals surface area (Å²) in [6.07, 6.45) is 5.37. The highest BCUT2D eigenvalue weighted by molar-refractivity contribution is 7.92. The van der Waals surface area contributed by atoms with Crippen molar-refractivity contribution in [2.75, 3.05) is 33.1 Å². The van der Waals surface area contributed by atoms with Crippen LogP contribution in [0.4, 0.5) is 0 Å². The third kappa shape index (κ3) is 10.2. The zero-order valence-corrected chi connectivity index (χ0v) is 28.8. The first kappa shape index (κ1) is 36.9. The molecule has 1 aliphatic carbocycles. The summed E-state index contributed by atoms with van der Waals surface area (Å²) in [6, 6.07) is 6.65. The fourth-order valence-corrected chi connectivity index (χ4v) is 7.11. The van der Waals surface area contributed by atoms with Gasteiger partial charge in [-0.05, 0) is 71.3 Å². The number of aliphatic hydroxyl groups excluding tert-OH is 1. The Balaban J connectivity index is 1.91. The first-order valence-corrected chi connectivity index (χ1v) is 17.9. The van der Waals surface area contributed by atoms with Crippen molar-refractivity contribution < 1.29 is 32.6 Å². The van der Waals surface area contributed by atoms with Crippen molar-refractivity contribution in [1.29, 1.82) is 0 Å². The summed E-state index contributed by atoms with van der Waals surface area (Å²) < 4.78 is 28.8. The molecule has 3 amide bonds. The first-order valence-electron chi connectivity index (χ1n) is 16.0. The molecule has 4 N–H and O–H groups in total. The van der Waals surface area contributed by atoms with Crippen LogP contribution in [0.5, 0.6) is 0 Å². The number of ether oxygens (including phenoxy) is 1. The number of β-amino-alcohol motifs (C(OH)–C–C–N with tert-alkyl or cyclic N) is 1. The Hall–Kier alpha value is -2.54. The molecule has 0 bridgehead atoms. The fourth-order valence-electron chi connectivity index (χ4n) is 6.51. The van der Waals surface area contributed by atoms with E-state index in [9.17, 15) is 27.9 Å². The second-order valence-electron chi connectivity index (χ2n) is 14.4. The molecular formula is C33H54N4O7S. The van der Waals surface area contributed by atoms with Gasteiger partial charge < -0.3 is 25.8 Å². The zero-order chi connectivity index (χ0) is 33.6. The molecule has 1 heterocycles. The average molecular weight is 651 g/mol. The van der Waals surface area contributed by atoms with E-state index in [0.29, 0.717) is 24.8 Å². The molecule has 1 aromatic rings. The number of aliphatic hydroxyl groups is 1. The lowest BCUT2D eigenvalue weighted by Gasteiger charge is -2.47. The molecule has 1 aliphatic heterocycles. The minimum Gasteiger partial charge on any atom is -0.390 e. The number of hydrogen-bond donors (Lipinski definition) is 4. The monoisotopic (exact) mass is 650 g/mol. The lowest BCUT2D eigenvalue weighted by atomic mass is 9.72. The van der Waals surface area contributed by atoms with Gasteiger partial charge in [-0.3, -0.25) is 19.3 Å². The van der Waals surface area contributed by atoms with Crippen molar-refractivity contribution in [1.82, 2.24) is 20.9 Å². The van der Waals surface area contributed by atoms with Gasteiger partial charge in [-0.1, -0.05) is 49.6 Å². The Morgan fingerprint density at radius 2 is 1.64 bits per heavy atom.